The summed E-state index contributed by atoms with van der Waals surface area (Å²) in [6, 6.07) is 8.48. The van der Waals surface area contributed by atoms with E-state index in [4.69, 9.17) is 4.98 Å². The van der Waals surface area contributed by atoms with E-state index in [1.165, 1.54) is 11.1 Å². The normalized spacial score (nSPS) is 19.1. The quantitative estimate of drug-likeness (QED) is 0.743. The van der Waals surface area contributed by atoms with E-state index in [2.05, 4.69) is 81.1 Å². The number of fused-ring (bicyclic) bond motifs is 4. The lowest BCUT2D eigenvalue weighted by Gasteiger charge is -2.39. The third kappa shape index (κ3) is 2.54. The molecule has 4 heteroatoms. The van der Waals surface area contributed by atoms with Gasteiger partial charge in [-0.2, -0.15) is 5.26 Å². The minimum absolute atomic E-state index is 0.0502. The number of imidazole rings is 1. The van der Waals surface area contributed by atoms with Crippen LogP contribution in [0.2, 0.25) is 0 Å². The second-order valence-corrected chi connectivity index (χ2v) is 8.49. The van der Waals surface area contributed by atoms with Gasteiger partial charge in [-0.15, -0.1) is 0 Å². The largest absolute Gasteiger partial charge is 0.352 e. The van der Waals surface area contributed by atoms with Crippen molar-refractivity contribution >= 4 is 16.7 Å². The summed E-state index contributed by atoms with van der Waals surface area (Å²) in [4.78, 5) is 4.96. The van der Waals surface area contributed by atoms with Crippen LogP contribution in [0.15, 0.2) is 59.8 Å². The molecule has 0 aliphatic carbocycles. The Morgan fingerprint density at radius 2 is 2.11 bits per heavy atom. The number of nitrogens with one attached hydrogen (secondary N) is 1. The number of allylic oxidation sites excluding steroid dienone is 3. The maximum atomic E-state index is 9.32. The van der Waals surface area contributed by atoms with E-state index in [0.717, 1.165) is 34.7 Å². The van der Waals surface area contributed by atoms with Crippen molar-refractivity contribution in [2.75, 3.05) is 0 Å². The van der Waals surface area contributed by atoms with Crippen LogP contribution in [0.3, 0.4) is 0 Å². The Hall–Kier alpha value is -3.06. The van der Waals surface area contributed by atoms with Crippen LogP contribution in [0.5, 0.6) is 0 Å². The van der Waals surface area contributed by atoms with Gasteiger partial charge in [-0.05, 0) is 35.6 Å². The molecule has 0 bridgehead atoms. The molecule has 4 nitrogen and oxygen atoms in total. The van der Waals surface area contributed by atoms with Gasteiger partial charge < -0.3 is 9.88 Å². The summed E-state index contributed by atoms with van der Waals surface area (Å²) in [5.41, 5.74) is 7.52. The van der Waals surface area contributed by atoms with Crippen molar-refractivity contribution < 1.29 is 0 Å². The number of rotatable bonds is 1. The summed E-state index contributed by atoms with van der Waals surface area (Å²) >= 11 is 0. The molecule has 0 amide bonds. The van der Waals surface area contributed by atoms with Gasteiger partial charge in [-0.3, -0.25) is 0 Å². The highest BCUT2D eigenvalue weighted by Gasteiger charge is 2.38. The molecule has 1 aromatic carbocycles. The number of dihydropyridines is 1. The molecule has 2 aliphatic heterocycles. The molecular formula is C23H24N4. The zero-order chi connectivity index (χ0) is 19.5. The number of benzene rings is 1. The summed E-state index contributed by atoms with van der Waals surface area (Å²) in [6.45, 7) is 17.7. The SMILES string of the molecule is C=C(C#N)C1=CC2=C(NC1=C)c1nc3c(C)cccc3n1CC2C(C)(C)C. The Bertz CT molecular complexity index is 1110. The van der Waals surface area contributed by atoms with Crippen molar-refractivity contribution in [1.82, 2.24) is 14.9 Å². The number of nitriles is 1. The van der Waals surface area contributed by atoms with Gasteiger partial charge in [0.2, 0.25) is 0 Å². The maximum Gasteiger partial charge on any atom is 0.157 e. The summed E-state index contributed by atoms with van der Waals surface area (Å²) in [7, 11) is 0. The van der Waals surface area contributed by atoms with Gasteiger partial charge in [-0.1, -0.05) is 46.1 Å². The molecule has 1 aromatic heterocycles. The Morgan fingerprint density at radius 1 is 1.37 bits per heavy atom. The van der Waals surface area contributed by atoms with Crippen LogP contribution in [0.25, 0.3) is 16.7 Å². The lowest BCUT2D eigenvalue weighted by molar-refractivity contribution is 0.250. The molecule has 2 aromatic rings. The highest BCUT2D eigenvalue weighted by atomic mass is 15.1. The molecule has 27 heavy (non-hydrogen) atoms. The summed E-state index contributed by atoms with van der Waals surface area (Å²) < 4.78 is 2.31. The molecular weight excluding hydrogens is 332 g/mol. The Morgan fingerprint density at radius 3 is 2.78 bits per heavy atom. The monoisotopic (exact) mass is 356 g/mol. The first-order valence-electron chi connectivity index (χ1n) is 9.20. The molecule has 2 aliphatic rings. The van der Waals surface area contributed by atoms with E-state index in [1.807, 2.05) is 0 Å². The lowest BCUT2D eigenvalue weighted by atomic mass is 9.72. The van der Waals surface area contributed by atoms with E-state index in [1.54, 1.807) is 0 Å². The molecule has 4 rings (SSSR count). The predicted molar refractivity (Wildman–Crippen MR) is 109 cm³/mol. The Kier molecular flexibility index (Phi) is 3.68. The predicted octanol–water partition coefficient (Wildman–Crippen LogP) is 4.85. The van der Waals surface area contributed by atoms with E-state index >= 15 is 0 Å². The number of hydrogen-bond donors (Lipinski definition) is 1. The maximum absolute atomic E-state index is 9.32. The van der Waals surface area contributed by atoms with Crippen molar-refractivity contribution in [2.24, 2.45) is 11.3 Å². The third-order valence-corrected chi connectivity index (χ3v) is 5.64. The molecule has 136 valence electrons. The van der Waals surface area contributed by atoms with Crippen molar-refractivity contribution in [3.63, 3.8) is 0 Å². The van der Waals surface area contributed by atoms with Crippen LogP contribution in [0, 0.1) is 29.6 Å². The van der Waals surface area contributed by atoms with Gasteiger partial charge in [0.05, 0.1) is 28.4 Å². The van der Waals surface area contributed by atoms with Crippen LogP contribution in [0.1, 0.15) is 32.2 Å². The first kappa shape index (κ1) is 17.4. The summed E-state index contributed by atoms with van der Waals surface area (Å²) in [5.74, 6) is 1.22. The molecule has 1 N–H and O–H groups in total. The molecule has 0 saturated carbocycles. The molecule has 0 spiro atoms. The van der Waals surface area contributed by atoms with Gasteiger partial charge in [0.25, 0.3) is 0 Å². The minimum Gasteiger partial charge on any atom is -0.352 e. The van der Waals surface area contributed by atoms with Crippen LogP contribution in [0.4, 0.5) is 0 Å². The second kappa shape index (κ2) is 5.72. The third-order valence-electron chi connectivity index (χ3n) is 5.64. The van der Waals surface area contributed by atoms with Crippen LogP contribution in [-0.2, 0) is 6.54 Å². The number of aromatic nitrogens is 2. The molecule has 0 saturated heterocycles. The minimum atomic E-state index is 0.0502. The zero-order valence-corrected chi connectivity index (χ0v) is 16.3. The van der Waals surface area contributed by atoms with E-state index < -0.39 is 0 Å². The highest BCUT2D eigenvalue weighted by Crippen LogP contribution is 2.45. The lowest BCUT2D eigenvalue weighted by Crippen LogP contribution is -2.36. The highest BCUT2D eigenvalue weighted by molar-refractivity contribution is 5.85. The number of para-hydroxylation sites is 1. The summed E-state index contributed by atoms with van der Waals surface area (Å²) in [6.07, 6.45) is 2.09. The van der Waals surface area contributed by atoms with E-state index in [-0.39, 0.29) is 11.3 Å². The van der Waals surface area contributed by atoms with Crippen LogP contribution < -0.4 is 5.32 Å². The average Bonchev–Trinajstić information content (AvgIpc) is 2.99. The van der Waals surface area contributed by atoms with Crippen LogP contribution >= 0.6 is 0 Å². The smallest absolute Gasteiger partial charge is 0.157 e. The molecule has 1 atom stereocenters. The molecule has 0 radical (unpaired) electrons. The molecule has 3 heterocycles. The number of hydrogen-bond acceptors (Lipinski definition) is 3. The Balaban J connectivity index is 2.02. The van der Waals surface area contributed by atoms with Crippen molar-refractivity contribution in [3.8, 4) is 6.07 Å². The molecule has 0 fully saturated rings. The van der Waals surface area contributed by atoms with Crippen molar-refractivity contribution in [1.29, 1.82) is 5.26 Å². The van der Waals surface area contributed by atoms with Crippen molar-refractivity contribution in [2.45, 2.75) is 34.2 Å². The Labute approximate surface area is 160 Å². The first-order chi connectivity index (χ1) is 12.7. The first-order valence-corrected chi connectivity index (χ1v) is 9.20. The van der Waals surface area contributed by atoms with Crippen molar-refractivity contribution in [3.05, 3.63) is 71.2 Å². The average molecular weight is 356 g/mol. The number of nitrogens with zero attached hydrogens (tertiary/aromatic N) is 3. The van der Waals surface area contributed by atoms with Gasteiger partial charge in [-0.25, -0.2) is 4.98 Å². The van der Waals surface area contributed by atoms with Gasteiger partial charge >= 0.3 is 0 Å². The van der Waals surface area contributed by atoms with Crippen LogP contribution in [-0.4, -0.2) is 9.55 Å². The second-order valence-electron chi connectivity index (χ2n) is 8.49. The standard InChI is InChI=1S/C23H24N4/c1-13-8-7-9-19-20(13)26-22-21-17(18(12-27(19)22)23(4,5)6)10-16(14(2)11-24)15(3)25-21/h7-10,18,25H,2-3,12H2,1,4-6H3. The fourth-order valence-electron chi connectivity index (χ4n) is 4.08. The topological polar surface area (TPSA) is 53.6 Å². The fourth-order valence-corrected chi connectivity index (χ4v) is 4.08. The summed E-state index contributed by atoms with van der Waals surface area (Å²) in [5, 5.41) is 12.8. The van der Waals surface area contributed by atoms with Gasteiger partial charge in [0, 0.05) is 23.7 Å². The fraction of sp³-hybridized carbons (Fsp3) is 0.304. The molecule has 1 unspecified atom stereocenters. The van der Waals surface area contributed by atoms with E-state index in [0.29, 0.717) is 11.3 Å². The number of aryl methyl sites for hydroxylation is 1. The zero-order valence-electron chi connectivity index (χ0n) is 16.3. The van der Waals surface area contributed by atoms with E-state index in [9.17, 15) is 5.26 Å². The van der Waals surface area contributed by atoms with Gasteiger partial charge in [0.15, 0.2) is 5.82 Å². The van der Waals surface area contributed by atoms with Gasteiger partial charge in [0.1, 0.15) is 0 Å².